The first-order chi connectivity index (χ1) is 9.37. The summed E-state index contributed by atoms with van der Waals surface area (Å²) in [5.41, 5.74) is 5.40. The maximum atomic E-state index is 12.5. The highest BCUT2D eigenvalue weighted by Crippen LogP contribution is 2.40. The number of alkyl halides is 3. The Labute approximate surface area is 114 Å². The molecule has 0 amide bonds. The van der Waals surface area contributed by atoms with E-state index in [1.165, 1.54) is 18.2 Å². The highest BCUT2D eigenvalue weighted by atomic mass is 19.4. The monoisotopic (exact) mass is 291 g/mol. The van der Waals surface area contributed by atoms with Crippen LogP contribution in [0, 0.1) is 5.92 Å². The van der Waals surface area contributed by atoms with Crippen LogP contribution < -0.4 is 10.5 Å². The summed E-state index contributed by atoms with van der Waals surface area (Å²) in [4.78, 5) is 0. The molecule has 1 saturated heterocycles. The molecule has 1 fully saturated rings. The molecule has 0 bridgehead atoms. The molecule has 1 heterocycles. The molecule has 1 aliphatic rings. The van der Waals surface area contributed by atoms with Crippen molar-refractivity contribution in [2.24, 2.45) is 11.7 Å². The highest BCUT2D eigenvalue weighted by Gasteiger charge is 2.42. The molecule has 2 unspecified atom stereocenters. The van der Waals surface area contributed by atoms with Crippen molar-refractivity contribution < 1.29 is 27.8 Å². The number of halogens is 3. The van der Waals surface area contributed by atoms with Crippen molar-refractivity contribution in [2.75, 3.05) is 19.8 Å². The normalized spacial score (nSPS) is 27.4. The number of benzene rings is 1. The molecule has 1 aromatic rings. The number of rotatable bonds is 3. The lowest BCUT2D eigenvalue weighted by Gasteiger charge is -2.41. The third-order valence-electron chi connectivity index (χ3n) is 3.54. The number of ether oxygens (including phenoxy) is 2. The number of nitrogens with two attached hydrogens (primary N) is 1. The van der Waals surface area contributed by atoms with Crippen molar-refractivity contribution in [1.82, 2.24) is 0 Å². The van der Waals surface area contributed by atoms with Crippen LogP contribution in [0.2, 0.25) is 0 Å². The Hall–Kier alpha value is -1.31. The van der Waals surface area contributed by atoms with E-state index in [-0.39, 0.29) is 24.5 Å². The van der Waals surface area contributed by atoms with Gasteiger partial charge in [-0.05, 0) is 12.5 Å². The Morgan fingerprint density at radius 2 is 2.10 bits per heavy atom. The minimum Gasteiger partial charge on any atom is -0.405 e. The van der Waals surface area contributed by atoms with Gasteiger partial charge in [-0.15, -0.1) is 13.2 Å². The van der Waals surface area contributed by atoms with Crippen molar-refractivity contribution in [3.63, 3.8) is 0 Å². The van der Waals surface area contributed by atoms with E-state index in [4.69, 9.17) is 10.5 Å². The van der Waals surface area contributed by atoms with Crippen LogP contribution in [-0.4, -0.2) is 31.3 Å². The molecule has 1 aliphatic heterocycles. The second-order valence-corrected chi connectivity index (χ2v) is 4.79. The van der Waals surface area contributed by atoms with Crippen LogP contribution in [0.25, 0.3) is 0 Å². The quantitative estimate of drug-likeness (QED) is 0.891. The average molecular weight is 291 g/mol. The number of hydrogen-bond acceptors (Lipinski definition) is 4. The van der Waals surface area contributed by atoms with E-state index in [0.717, 1.165) is 0 Å². The molecule has 4 nitrogen and oxygen atoms in total. The minimum absolute atomic E-state index is 0.202. The fourth-order valence-electron chi connectivity index (χ4n) is 2.45. The summed E-state index contributed by atoms with van der Waals surface area (Å²) in [5.74, 6) is -0.808. The van der Waals surface area contributed by atoms with Gasteiger partial charge in [0.05, 0.1) is 18.8 Å². The van der Waals surface area contributed by atoms with Gasteiger partial charge in [0.2, 0.25) is 0 Å². The summed E-state index contributed by atoms with van der Waals surface area (Å²) in [5, 5.41) is 9.39. The van der Waals surface area contributed by atoms with Crippen molar-refractivity contribution in [1.29, 1.82) is 0 Å². The van der Waals surface area contributed by atoms with Crippen molar-refractivity contribution in [3.05, 3.63) is 29.8 Å². The van der Waals surface area contributed by atoms with Gasteiger partial charge in [0.15, 0.2) is 0 Å². The van der Waals surface area contributed by atoms with Crippen LogP contribution in [-0.2, 0) is 10.3 Å². The Morgan fingerprint density at radius 3 is 2.75 bits per heavy atom. The topological polar surface area (TPSA) is 64.7 Å². The SMILES string of the molecule is NC1(c2ccccc2OC(F)(F)F)CCOCC1CO. The first kappa shape index (κ1) is 15.1. The Morgan fingerprint density at radius 1 is 1.40 bits per heavy atom. The zero-order chi connectivity index (χ0) is 14.8. The fraction of sp³-hybridized carbons (Fsp3) is 0.538. The second kappa shape index (κ2) is 5.59. The van der Waals surface area contributed by atoms with Gasteiger partial charge in [-0.1, -0.05) is 18.2 Å². The summed E-state index contributed by atoms with van der Waals surface area (Å²) in [6.45, 7) is 0.261. The Kier molecular flexibility index (Phi) is 4.22. The van der Waals surface area contributed by atoms with Crippen LogP contribution in [0.15, 0.2) is 24.3 Å². The predicted molar refractivity (Wildman–Crippen MR) is 65.0 cm³/mol. The maximum Gasteiger partial charge on any atom is 0.573 e. The number of para-hydroxylation sites is 1. The molecule has 0 radical (unpaired) electrons. The van der Waals surface area contributed by atoms with Gasteiger partial charge >= 0.3 is 6.36 Å². The van der Waals surface area contributed by atoms with Crippen LogP contribution >= 0.6 is 0 Å². The molecule has 0 aliphatic carbocycles. The van der Waals surface area contributed by atoms with Crippen molar-refractivity contribution in [3.8, 4) is 5.75 Å². The molecule has 7 heteroatoms. The first-order valence-electron chi connectivity index (χ1n) is 6.19. The smallest absolute Gasteiger partial charge is 0.405 e. The van der Waals surface area contributed by atoms with Crippen LogP contribution in [0.3, 0.4) is 0 Å². The predicted octanol–water partition coefficient (Wildman–Crippen LogP) is 1.77. The third-order valence-corrected chi connectivity index (χ3v) is 3.54. The molecular formula is C13H16F3NO3. The van der Waals surface area contributed by atoms with Crippen molar-refractivity contribution >= 4 is 0 Å². The summed E-state index contributed by atoms with van der Waals surface area (Å²) in [6.07, 6.45) is -4.47. The lowest BCUT2D eigenvalue weighted by atomic mass is 9.75. The average Bonchev–Trinajstić information content (AvgIpc) is 2.38. The minimum atomic E-state index is -4.79. The van der Waals surface area contributed by atoms with E-state index in [2.05, 4.69) is 4.74 Å². The molecule has 2 rings (SSSR count). The zero-order valence-corrected chi connectivity index (χ0v) is 10.7. The molecule has 0 aromatic heterocycles. The van der Waals surface area contributed by atoms with Gasteiger partial charge in [-0.2, -0.15) is 0 Å². The third kappa shape index (κ3) is 3.05. The number of aliphatic hydroxyl groups is 1. The van der Waals surface area contributed by atoms with Gasteiger partial charge in [0.25, 0.3) is 0 Å². The molecule has 2 atom stereocenters. The van der Waals surface area contributed by atoms with E-state index in [9.17, 15) is 18.3 Å². The molecule has 112 valence electrons. The largest absolute Gasteiger partial charge is 0.573 e. The Balaban J connectivity index is 2.40. The van der Waals surface area contributed by atoms with E-state index >= 15 is 0 Å². The zero-order valence-electron chi connectivity index (χ0n) is 10.7. The summed E-state index contributed by atoms with van der Waals surface area (Å²) in [6, 6.07) is 5.76. The molecule has 0 spiro atoms. The van der Waals surface area contributed by atoms with Crippen molar-refractivity contribution in [2.45, 2.75) is 18.3 Å². The van der Waals surface area contributed by atoms with Crippen LogP contribution in [0.4, 0.5) is 13.2 Å². The Bertz CT molecular complexity index is 466. The molecule has 1 aromatic carbocycles. The van der Waals surface area contributed by atoms with Gasteiger partial charge < -0.3 is 20.3 Å². The standard InChI is InChI=1S/C13H16F3NO3/c14-13(15,16)20-11-4-2-1-3-10(11)12(17)5-6-19-8-9(12)7-18/h1-4,9,18H,5-8,17H2. The molecule has 0 saturated carbocycles. The van der Waals surface area contributed by atoms with Crippen LogP contribution in [0.5, 0.6) is 5.75 Å². The number of aliphatic hydroxyl groups excluding tert-OH is 1. The molecular weight excluding hydrogens is 275 g/mol. The molecule has 20 heavy (non-hydrogen) atoms. The van der Waals surface area contributed by atoms with E-state index in [1.807, 2.05) is 0 Å². The van der Waals surface area contributed by atoms with E-state index < -0.39 is 17.8 Å². The van der Waals surface area contributed by atoms with Gasteiger partial charge in [-0.25, -0.2) is 0 Å². The lowest BCUT2D eigenvalue weighted by molar-refractivity contribution is -0.275. The summed E-state index contributed by atoms with van der Waals surface area (Å²) >= 11 is 0. The lowest BCUT2D eigenvalue weighted by Crippen LogP contribution is -2.51. The first-order valence-corrected chi connectivity index (χ1v) is 6.19. The van der Waals surface area contributed by atoms with E-state index in [1.54, 1.807) is 6.07 Å². The molecule has 3 N–H and O–H groups in total. The van der Waals surface area contributed by atoms with Gasteiger partial charge in [0, 0.05) is 18.1 Å². The number of hydrogen-bond donors (Lipinski definition) is 2. The van der Waals surface area contributed by atoms with E-state index in [0.29, 0.717) is 13.0 Å². The van der Waals surface area contributed by atoms with Gasteiger partial charge in [0.1, 0.15) is 5.75 Å². The second-order valence-electron chi connectivity index (χ2n) is 4.79. The summed E-state index contributed by atoms with van der Waals surface area (Å²) < 4.78 is 46.6. The van der Waals surface area contributed by atoms with Crippen LogP contribution in [0.1, 0.15) is 12.0 Å². The summed E-state index contributed by atoms with van der Waals surface area (Å²) in [7, 11) is 0. The fourth-order valence-corrected chi connectivity index (χ4v) is 2.45. The van der Waals surface area contributed by atoms with Gasteiger partial charge in [-0.3, -0.25) is 0 Å². The maximum absolute atomic E-state index is 12.5. The highest BCUT2D eigenvalue weighted by molar-refractivity contribution is 5.40.